The summed E-state index contributed by atoms with van der Waals surface area (Å²) in [6.45, 7) is 1.86. The van der Waals surface area contributed by atoms with E-state index in [0.717, 1.165) is 16.5 Å². The maximum Gasteiger partial charge on any atom is 0.227 e. The molecule has 4 rings (SSSR count). The summed E-state index contributed by atoms with van der Waals surface area (Å²) in [6, 6.07) is 24.5. The van der Waals surface area contributed by atoms with Crippen molar-refractivity contribution in [1.29, 1.82) is 0 Å². The van der Waals surface area contributed by atoms with E-state index >= 15 is 0 Å². The Labute approximate surface area is 147 Å². The highest BCUT2D eigenvalue weighted by atomic mass is 16.5. The van der Waals surface area contributed by atoms with Gasteiger partial charge in [0.05, 0.1) is 19.6 Å². The van der Waals surface area contributed by atoms with E-state index in [4.69, 9.17) is 4.74 Å². The summed E-state index contributed by atoms with van der Waals surface area (Å²) in [5, 5.41) is 2.34. The average molecular weight is 331 g/mol. The van der Waals surface area contributed by atoms with Crippen molar-refractivity contribution < 1.29 is 9.53 Å². The third-order valence-corrected chi connectivity index (χ3v) is 4.81. The molecule has 1 saturated heterocycles. The van der Waals surface area contributed by atoms with Crippen molar-refractivity contribution >= 4 is 16.7 Å². The van der Waals surface area contributed by atoms with E-state index in [1.54, 1.807) is 0 Å². The molecule has 0 aromatic heterocycles. The van der Waals surface area contributed by atoms with Gasteiger partial charge in [-0.2, -0.15) is 0 Å². The normalized spacial score (nSPS) is 17.6. The number of morpholine rings is 1. The van der Waals surface area contributed by atoms with Gasteiger partial charge in [0, 0.05) is 6.54 Å². The quantitative estimate of drug-likeness (QED) is 0.726. The fourth-order valence-corrected chi connectivity index (χ4v) is 3.47. The molecule has 1 heterocycles. The Bertz CT molecular complexity index is 870. The average Bonchev–Trinajstić information content (AvgIpc) is 2.69. The monoisotopic (exact) mass is 331 g/mol. The second-order valence-electron chi connectivity index (χ2n) is 6.42. The highest BCUT2D eigenvalue weighted by molar-refractivity contribution is 5.90. The van der Waals surface area contributed by atoms with Crippen LogP contribution in [0.15, 0.2) is 72.8 Å². The maximum atomic E-state index is 12.9. The van der Waals surface area contributed by atoms with Crippen LogP contribution >= 0.6 is 0 Å². The van der Waals surface area contributed by atoms with E-state index in [1.807, 2.05) is 41.3 Å². The number of carbonyl (C=O) groups is 1. The van der Waals surface area contributed by atoms with E-state index in [9.17, 15) is 4.79 Å². The standard InChI is InChI=1S/C22H21NO2/c24-22(15-19-11-6-10-17-7-4-5-12-20(17)19)23-13-14-25-21(16-23)18-8-2-1-3-9-18/h1-12,21H,13-16H2. The molecule has 3 aromatic carbocycles. The summed E-state index contributed by atoms with van der Waals surface area (Å²) < 4.78 is 5.87. The molecule has 1 fully saturated rings. The molecule has 25 heavy (non-hydrogen) atoms. The molecule has 0 spiro atoms. The fraction of sp³-hybridized carbons (Fsp3) is 0.227. The predicted octanol–water partition coefficient (Wildman–Crippen LogP) is 3.98. The van der Waals surface area contributed by atoms with Gasteiger partial charge in [0.15, 0.2) is 0 Å². The lowest BCUT2D eigenvalue weighted by Crippen LogP contribution is -2.43. The minimum atomic E-state index is -0.0357. The Morgan fingerprint density at radius 2 is 1.72 bits per heavy atom. The van der Waals surface area contributed by atoms with Gasteiger partial charge in [0.25, 0.3) is 0 Å². The molecule has 0 N–H and O–H groups in total. The van der Waals surface area contributed by atoms with Gasteiger partial charge in [-0.15, -0.1) is 0 Å². The molecule has 0 radical (unpaired) electrons. The van der Waals surface area contributed by atoms with Gasteiger partial charge in [-0.05, 0) is 21.9 Å². The van der Waals surface area contributed by atoms with Crippen LogP contribution in [0, 0.1) is 0 Å². The van der Waals surface area contributed by atoms with Crippen LogP contribution < -0.4 is 0 Å². The lowest BCUT2D eigenvalue weighted by atomic mass is 10.0. The number of ether oxygens (including phenoxy) is 1. The molecule has 0 bridgehead atoms. The van der Waals surface area contributed by atoms with Crippen LogP contribution in [-0.2, 0) is 16.0 Å². The van der Waals surface area contributed by atoms with Crippen LogP contribution in [0.25, 0.3) is 10.8 Å². The smallest absolute Gasteiger partial charge is 0.227 e. The lowest BCUT2D eigenvalue weighted by molar-refractivity contribution is -0.138. The first-order valence-electron chi connectivity index (χ1n) is 8.72. The number of fused-ring (bicyclic) bond motifs is 1. The van der Waals surface area contributed by atoms with E-state index in [0.29, 0.717) is 26.1 Å². The van der Waals surface area contributed by atoms with Crippen LogP contribution in [0.4, 0.5) is 0 Å². The van der Waals surface area contributed by atoms with Crippen molar-refractivity contribution in [2.75, 3.05) is 19.7 Å². The molecule has 1 amide bonds. The number of amides is 1. The summed E-state index contributed by atoms with van der Waals surface area (Å²) in [5.41, 5.74) is 2.22. The summed E-state index contributed by atoms with van der Waals surface area (Å²) in [6.07, 6.45) is 0.398. The Morgan fingerprint density at radius 3 is 2.60 bits per heavy atom. The molecular weight excluding hydrogens is 310 g/mol. The van der Waals surface area contributed by atoms with Crippen LogP contribution in [0.1, 0.15) is 17.2 Å². The third-order valence-electron chi connectivity index (χ3n) is 4.81. The fourth-order valence-electron chi connectivity index (χ4n) is 3.47. The number of rotatable bonds is 3. The van der Waals surface area contributed by atoms with E-state index in [-0.39, 0.29) is 12.0 Å². The zero-order chi connectivity index (χ0) is 17.1. The first-order chi connectivity index (χ1) is 12.3. The third kappa shape index (κ3) is 3.42. The second-order valence-corrected chi connectivity index (χ2v) is 6.42. The predicted molar refractivity (Wildman–Crippen MR) is 99.4 cm³/mol. The van der Waals surface area contributed by atoms with E-state index in [1.165, 1.54) is 5.39 Å². The molecule has 1 unspecified atom stereocenters. The molecule has 1 atom stereocenters. The molecule has 3 nitrogen and oxygen atoms in total. The minimum Gasteiger partial charge on any atom is -0.370 e. The van der Waals surface area contributed by atoms with Gasteiger partial charge in [-0.3, -0.25) is 4.79 Å². The van der Waals surface area contributed by atoms with Crippen molar-refractivity contribution in [2.24, 2.45) is 0 Å². The van der Waals surface area contributed by atoms with Crippen molar-refractivity contribution in [2.45, 2.75) is 12.5 Å². The number of carbonyl (C=O) groups excluding carboxylic acids is 1. The topological polar surface area (TPSA) is 29.5 Å². The van der Waals surface area contributed by atoms with Gasteiger partial charge in [-0.1, -0.05) is 72.8 Å². The van der Waals surface area contributed by atoms with Gasteiger partial charge < -0.3 is 9.64 Å². The molecule has 0 saturated carbocycles. The minimum absolute atomic E-state index is 0.0357. The highest BCUT2D eigenvalue weighted by Gasteiger charge is 2.25. The Morgan fingerprint density at radius 1 is 0.960 bits per heavy atom. The number of benzene rings is 3. The van der Waals surface area contributed by atoms with Crippen LogP contribution in [0.5, 0.6) is 0 Å². The van der Waals surface area contributed by atoms with Gasteiger partial charge >= 0.3 is 0 Å². The highest BCUT2D eigenvalue weighted by Crippen LogP contribution is 2.24. The Kier molecular flexibility index (Phi) is 4.49. The lowest BCUT2D eigenvalue weighted by Gasteiger charge is -2.33. The van der Waals surface area contributed by atoms with E-state index in [2.05, 4.69) is 36.4 Å². The molecular formula is C22H21NO2. The number of hydrogen-bond donors (Lipinski definition) is 0. The number of hydrogen-bond acceptors (Lipinski definition) is 2. The zero-order valence-corrected chi connectivity index (χ0v) is 14.1. The molecule has 126 valence electrons. The number of nitrogens with zero attached hydrogens (tertiary/aromatic N) is 1. The van der Waals surface area contributed by atoms with Crippen LogP contribution in [0.3, 0.4) is 0 Å². The largest absolute Gasteiger partial charge is 0.370 e. The maximum absolute atomic E-state index is 12.9. The van der Waals surface area contributed by atoms with Crippen molar-refractivity contribution in [3.63, 3.8) is 0 Å². The van der Waals surface area contributed by atoms with Crippen LogP contribution in [-0.4, -0.2) is 30.5 Å². The SMILES string of the molecule is O=C(Cc1cccc2ccccc12)N1CCOC(c2ccccc2)C1. The molecule has 3 heteroatoms. The summed E-state index contributed by atoms with van der Waals surface area (Å²) in [7, 11) is 0. The first-order valence-corrected chi connectivity index (χ1v) is 8.72. The Balaban J connectivity index is 1.51. The molecule has 3 aromatic rings. The summed E-state index contributed by atoms with van der Waals surface area (Å²) >= 11 is 0. The van der Waals surface area contributed by atoms with Crippen molar-refractivity contribution in [1.82, 2.24) is 4.90 Å². The first kappa shape index (κ1) is 15.9. The molecule has 1 aliphatic heterocycles. The van der Waals surface area contributed by atoms with Crippen molar-refractivity contribution in [3.05, 3.63) is 83.9 Å². The summed E-state index contributed by atoms with van der Waals surface area (Å²) in [5.74, 6) is 0.167. The summed E-state index contributed by atoms with van der Waals surface area (Å²) in [4.78, 5) is 14.8. The Hall–Kier alpha value is -2.65. The molecule has 1 aliphatic rings. The van der Waals surface area contributed by atoms with E-state index < -0.39 is 0 Å². The zero-order valence-electron chi connectivity index (χ0n) is 14.1. The second kappa shape index (κ2) is 7.08. The van der Waals surface area contributed by atoms with Gasteiger partial charge in [0.2, 0.25) is 5.91 Å². The van der Waals surface area contributed by atoms with Crippen LogP contribution in [0.2, 0.25) is 0 Å². The molecule has 0 aliphatic carbocycles. The van der Waals surface area contributed by atoms with Gasteiger partial charge in [0.1, 0.15) is 6.10 Å². The van der Waals surface area contributed by atoms with Crippen molar-refractivity contribution in [3.8, 4) is 0 Å². The van der Waals surface area contributed by atoms with Gasteiger partial charge in [-0.25, -0.2) is 0 Å².